The van der Waals surface area contributed by atoms with Gasteiger partial charge in [-0.25, -0.2) is 4.79 Å². The van der Waals surface area contributed by atoms with Gasteiger partial charge in [0.25, 0.3) is 5.91 Å². The number of amides is 1. The Labute approximate surface area is 181 Å². The molecule has 0 aliphatic heterocycles. The van der Waals surface area contributed by atoms with Crippen molar-refractivity contribution in [2.45, 2.75) is 13.1 Å². The number of hydrogen-bond acceptors (Lipinski definition) is 5. The Bertz CT molecular complexity index is 1130. The maximum Gasteiger partial charge on any atom is 0.490 e. The second kappa shape index (κ2) is 10.8. The first-order valence-electron chi connectivity index (χ1n) is 9.25. The Morgan fingerprint density at radius 3 is 2.38 bits per heavy atom. The van der Waals surface area contributed by atoms with Gasteiger partial charge in [0.1, 0.15) is 5.75 Å². The molecule has 0 atom stereocenters. The SMILES string of the molecule is CCOc1cccc(NC(=O)c2ccc3cc(C=NN)ccc3c2)c1.O=C(O)C(F)(F)F. The molecule has 0 aliphatic carbocycles. The fraction of sp³-hybridized carbons (Fsp3) is 0.136. The molecular formula is C22H20F3N3O4. The molecule has 0 aromatic heterocycles. The first kappa shape index (κ1) is 24.2. The van der Waals surface area contributed by atoms with Crippen LogP contribution in [0, 0.1) is 0 Å². The molecule has 3 aromatic rings. The number of nitrogens with zero attached hydrogens (tertiary/aromatic N) is 1. The van der Waals surface area contributed by atoms with E-state index in [9.17, 15) is 18.0 Å². The van der Waals surface area contributed by atoms with E-state index in [4.69, 9.17) is 20.5 Å². The summed E-state index contributed by atoms with van der Waals surface area (Å²) in [5, 5.41) is 15.5. The van der Waals surface area contributed by atoms with Crippen molar-refractivity contribution >= 4 is 34.6 Å². The number of carboxylic acids is 1. The van der Waals surface area contributed by atoms with Crippen molar-refractivity contribution in [1.29, 1.82) is 0 Å². The summed E-state index contributed by atoms with van der Waals surface area (Å²) in [5.74, 6) is 2.99. The van der Waals surface area contributed by atoms with E-state index in [0.29, 0.717) is 17.9 Å². The lowest BCUT2D eigenvalue weighted by Crippen LogP contribution is -2.21. The molecule has 32 heavy (non-hydrogen) atoms. The van der Waals surface area contributed by atoms with Crippen LogP contribution < -0.4 is 15.9 Å². The molecule has 0 aliphatic rings. The van der Waals surface area contributed by atoms with E-state index >= 15 is 0 Å². The van der Waals surface area contributed by atoms with E-state index in [0.717, 1.165) is 22.1 Å². The number of benzene rings is 3. The topological polar surface area (TPSA) is 114 Å². The van der Waals surface area contributed by atoms with Crippen molar-refractivity contribution in [3.63, 3.8) is 0 Å². The normalized spacial score (nSPS) is 11.0. The Kier molecular flexibility index (Phi) is 8.17. The fourth-order valence-electron chi connectivity index (χ4n) is 2.61. The van der Waals surface area contributed by atoms with Crippen molar-refractivity contribution in [3.8, 4) is 5.75 Å². The summed E-state index contributed by atoms with van der Waals surface area (Å²) in [7, 11) is 0. The van der Waals surface area contributed by atoms with Gasteiger partial charge < -0.3 is 21.0 Å². The molecule has 0 saturated carbocycles. The third kappa shape index (κ3) is 7.01. The number of hydrogen-bond donors (Lipinski definition) is 3. The highest BCUT2D eigenvalue weighted by molar-refractivity contribution is 6.06. The van der Waals surface area contributed by atoms with Crippen LogP contribution in [-0.4, -0.2) is 36.0 Å². The van der Waals surface area contributed by atoms with E-state index in [1.54, 1.807) is 18.3 Å². The lowest BCUT2D eigenvalue weighted by molar-refractivity contribution is -0.192. The van der Waals surface area contributed by atoms with Gasteiger partial charge in [-0.3, -0.25) is 4.79 Å². The molecule has 3 aromatic carbocycles. The number of ether oxygens (including phenoxy) is 1. The van der Waals surface area contributed by atoms with E-state index in [-0.39, 0.29) is 5.91 Å². The molecule has 3 rings (SSSR count). The molecule has 7 nitrogen and oxygen atoms in total. The van der Waals surface area contributed by atoms with Gasteiger partial charge >= 0.3 is 12.1 Å². The summed E-state index contributed by atoms with van der Waals surface area (Å²) < 4.78 is 37.2. The highest BCUT2D eigenvalue weighted by Crippen LogP contribution is 2.21. The molecule has 0 unspecified atom stereocenters. The molecule has 4 N–H and O–H groups in total. The molecule has 1 amide bonds. The largest absolute Gasteiger partial charge is 0.494 e. The zero-order valence-electron chi connectivity index (χ0n) is 16.9. The van der Waals surface area contributed by atoms with Crippen molar-refractivity contribution in [2.75, 3.05) is 11.9 Å². The number of alkyl halides is 3. The Morgan fingerprint density at radius 1 is 1.09 bits per heavy atom. The average Bonchev–Trinajstić information content (AvgIpc) is 2.74. The lowest BCUT2D eigenvalue weighted by atomic mass is 10.0. The van der Waals surface area contributed by atoms with Gasteiger partial charge in [0, 0.05) is 17.3 Å². The minimum absolute atomic E-state index is 0.164. The first-order valence-corrected chi connectivity index (χ1v) is 9.25. The van der Waals surface area contributed by atoms with Gasteiger partial charge in [-0.2, -0.15) is 18.3 Å². The fourth-order valence-corrected chi connectivity index (χ4v) is 2.61. The van der Waals surface area contributed by atoms with Crippen LogP contribution in [0.2, 0.25) is 0 Å². The second-order valence-corrected chi connectivity index (χ2v) is 6.32. The highest BCUT2D eigenvalue weighted by atomic mass is 19.4. The number of nitrogens with two attached hydrogens (primary N) is 1. The van der Waals surface area contributed by atoms with Crippen molar-refractivity contribution in [1.82, 2.24) is 0 Å². The van der Waals surface area contributed by atoms with Crippen LogP contribution in [-0.2, 0) is 4.79 Å². The van der Waals surface area contributed by atoms with Gasteiger partial charge in [0.15, 0.2) is 0 Å². The molecule has 0 radical (unpaired) electrons. The number of rotatable bonds is 5. The molecular weight excluding hydrogens is 427 g/mol. The third-order valence-corrected chi connectivity index (χ3v) is 4.00. The van der Waals surface area contributed by atoms with Crippen LogP contribution in [0.15, 0.2) is 65.8 Å². The maximum atomic E-state index is 12.5. The van der Waals surface area contributed by atoms with Crippen molar-refractivity contribution in [2.24, 2.45) is 10.9 Å². The van der Waals surface area contributed by atoms with E-state index in [1.807, 2.05) is 55.5 Å². The van der Waals surface area contributed by atoms with Gasteiger partial charge in [0.05, 0.1) is 12.8 Å². The quantitative estimate of drug-likeness (QED) is 0.304. The lowest BCUT2D eigenvalue weighted by Gasteiger charge is -2.09. The molecule has 0 bridgehead atoms. The summed E-state index contributed by atoms with van der Waals surface area (Å²) in [6, 6.07) is 18.7. The molecule has 0 spiro atoms. The number of carbonyl (C=O) groups is 2. The third-order valence-electron chi connectivity index (χ3n) is 4.00. The highest BCUT2D eigenvalue weighted by Gasteiger charge is 2.38. The number of aliphatic carboxylic acids is 1. The van der Waals surface area contributed by atoms with Crippen LogP contribution in [0.3, 0.4) is 0 Å². The molecule has 168 valence electrons. The summed E-state index contributed by atoms with van der Waals surface area (Å²) in [6.07, 6.45) is -3.49. The van der Waals surface area contributed by atoms with Gasteiger partial charge in [-0.05, 0) is 53.6 Å². The molecule has 0 saturated heterocycles. The predicted molar refractivity (Wildman–Crippen MR) is 115 cm³/mol. The van der Waals surface area contributed by atoms with Crippen LogP contribution in [0.5, 0.6) is 5.75 Å². The minimum atomic E-state index is -5.08. The molecule has 10 heteroatoms. The number of anilines is 1. The zero-order valence-corrected chi connectivity index (χ0v) is 16.9. The van der Waals surface area contributed by atoms with Gasteiger partial charge in [0.2, 0.25) is 0 Å². The van der Waals surface area contributed by atoms with Crippen LogP contribution >= 0.6 is 0 Å². The number of halogens is 3. The Balaban J connectivity index is 0.000000451. The van der Waals surface area contributed by atoms with Crippen LogP contribution in [0.4, 0.5) is 18.9 Å². The van der Waals surface area contributed by atoms with Crippen molar-refractivity contribution < 1.29 is 32.6 Å². The molecule has 0 fully saturated rings. The summed E-state index contributed by atoms with van der Waals surface area (Å²) in [6.45, 7) is 2.50. The summed E-state index contributed by atoms with van der Waals surface area (Å²) in [4.78, 5) is 21.4. The number of carbonyl (C=O) groups excluding carboxylic acids is 1. The average molecular weight is 447 g/mol. The maximum absolute atomic E-state index is 12.5. The van der Waals surface area contributed by atoms with Gasteiger partial charge in [-0.15, -0.1) is 0 Å². The Hall–Kier alpha value is -4.08. The second-order valence-electron chi connectivity index (χ2n) is 6.32. The molecule has 0 heterocycles. The van der Waals surface area contributed by atoms with Gasteiger partial charge in [-0.1, -0.05) is 24.3 Å². The number of carboxylic acid groups (broad SMARTS) is 1. The zero-order chi connectivity index (χ0) is 23.7. The first-order chi connectivity index (χ1) is 15.1. The van der Waals surface area contributed by atoms with Crippen LogP contribution in [0.1, 0.15) is 22.8 Å². The van der Waals surface area contributed by atoms with E-state index in [1.165, 1.54) is 0 Å². The van der Waals surface area contributed by atoms with E-state index < -0.39 is 12.1 Å². The smallest absolute Gasteiger partial charge is 0.490 e. The summed E-state index contributed by atoms with van der Waals surface area (Å²) in [5.41, 5.74) is 2.21. The van der Waals surface area contributed by atoms with Crippen molar-refractivity contribution in [3.05, 3.63) is 71.8 Å². The number of hydrazone groups is 1. The predicted octanol–water partition coefficient (Wildman–Crippen LogP) is 4.42. The monoisotopic (exact) mass is 447 g/mol. The Morgan fingerprint density at radius 2 is 1.75 bits per heavy atom. The summed E-state index contributed by atoms with van der Waals surface area (Å²) >= 11 is 0. The standard InChI is InChI=1S/C20H19N3O2.C2HF3O2/c1-2-25-19-5-3-4-18(12-19)23-20(24)17-9-8-15-10-14(13-22-21)6-7-16(15)11-17;3-2(4,5)1(6)7/h3-13H,2,21H2,1H3,(H,23,24);(H,6,7). The van der Waals surface area contributed by atoms with E-state index in [2.05, 4.69) is 10.4 Å². The minimum Gasteiger partial charge on any atom is -0.494 e. The van der Waals surface area contributed by atoms with Crippen LogP contribution in [0.25, 0.3) is 10.8 Å². The number of fused-ring (bicyclic) bond motifs is 1. The number of nitrogens with one attached hydrogen (secondary N) is 1.